The van der Waals surface area contributed by atoms with Crippen LogP contribution < -0.4 is 9.04 Å². The summed E-state index contributed by atoms with van der Waals surface area (Å²) < 4.78 is 18.1. The minimum absolute atomic E-state index is 0.0886. The average Bonchev–Trinajstić information content (AvgIpc) is 2.84. The molecule has 34 heavy (non-hydrogen) atoms. The molecule has 0 bridgehead atoms. The summed E-state index contributed by atoms with van der Waals surface area (Å²) >= 11 is 4.59. The van der Waals surface area contributed by atoms with Crippen LogP contribution in [0.15, 0.2) is 41.3 Å². The molecule has 1 N–H and O–H groups in total. The number of ketones is 1. The lowest BCUT2D eigenvalue weighted by Crippen LogP contribution is -2.28. The number of Topliss-reactive ketones (excluding diaryl/α,β-unsaturated/α-hetero) is 1. The van der Waals surface area contributed by atoms with E-state index in [4.69, 9.17) is 19.6 Å². The highest BCUT2D eigenvalue weighted by Gasteiger charge is 2.33. The number of rotatable bonds is 12. The van der Waals surface area contributed by atoms with Gasteiger partial charge >= 0.3 is 0 Å². The molecule has 0 radical (unpaired) electrons. The van der Waals surface area contributed by atoms with E-state index in [0.717, 1.165) is 16.7 Å². The third kappa shape index (κ3) is 4.95. The molecule has 0 amide bonds. The third-order valence-corrected chi connectivity index (χ3v) is 6.16. The van der Waals surface area contributed by atoms with Crippen molar-refractivity contribution in [2.45, 2.75) is 27.2 Å². The number of fused-ring (bicyclic) bond motifs is 3. The van der Waals surface area contributed by atoms with Gasteiger partial charge in [0.2, 0.25) is 5.78 Å². The Balaban J connectivity index is 2.21. The van der Waals surface area contributed by atoms with Crippen LogP contribution >= 0.6 is 12.8 Å². The van der Waals surface area contributed by atoms with Crippen LogP contribution in [0.4, 0.5) is 5.69 Å². The van der Waals surface area contributed by atoms with Crippen molar-refractivity contribution >= 4 is 41.9 Å². The van der Waals surface area contributed by atoms with Crippen molar-refractivity contribution in [1.29, 1.82) is 5.41 Å². The zero-order valence-electron chi connectivity index (χ0n) is 19.9. The Labute approximate surface area is 205 Å². The number of nitrogens with one attached hydrogen (secondary N) is 1. The predicted molar refractivity (Wildman–Crippen MR) is 136 cm³/mol. The second-order valence-corrected chi connectivity index (χ2v) is 8.38. The monoisotopic (exact) mass is 482 g/mol. The maximum absolute atomic E-state index is 13.6. The van der Waals surface area contributed by atoms with E-state index in [9.17, 15) is 9.59 Å². The second kappa shape index (κ2) is 11.5. The van der Waals surface area contributed by atoms with Crippen molar-refractivity contribution in [3.8, 4) is 5.75 Å². The first-order valence-corrected chi connectivity index (χ1v) is 11.6. The Hall–Kier alpha value is -2.90. The summed E-state index contributed by atoms with van der Waals surface area (Å²) in [6.07, 6.45) is 6.80. The fourth-order valence-electron chi connectivity index (χ4n) is 4.02. The maximum Gasteiger partial charge on any atom is 0.210 e. The van der Waals surface area contributed by atoms with Crippen LogP contribution in [-0.4, -0.2) is 51.3 Å². The Morgan fingerprint density at radius 3 is 2.74 bits per heavy atom. The number of carbonyl (C=O) groups is 2. The van der Waals surface area contributed by atoms with Gasteiger partial charge in [-0.15, -0.1) is 5.73 Å². The zero-order chi connectivity index (χ0) is 24.8. The number of carbonyl (C=O) groups excluding carboxylic acids is 2. The number of hydrogen-bond acceptors (Lipinski definition) is 8. The molecule has 7 nitrogen and oxygen atoms in total. The number of aldehydes is 1. The van der Waals surface area contributed by atoms with Gasteiger partial charge in [0.1, 0.15) is 12.4 Å². The molecule has 0 aromatic heterocycles. The van der Waals surface area contributed by atoms with Crippen molar-refractivity contribution in [3.63, 3.8) is 0 Å². The lowest BCUT2D eigenvalue weighted by molar-refractivity contribution is 0.101. The maximum atomic E-state index is 13.6. The number of anilines is 1. The van der Waals surface area contributed by atoms with E-state index in [1.165, 1.54) is 0 Å². The molecule has 0 saturated heterocycles. The standard InChI is InChI=1S/C26H30N2O5S/c1-5-17(15-31-4)23(27)25(30)20-12-19-18-9-7-8-16(3)21(18)13-28(34)24(19)22(14-29)26(20)33-11-10-32-6-2/h7-8,12-14,17,27,34H,5-6,10-11,15H2,1-4H3/t17-/m0/s1. The zero-order valence-corrected chi connectivity index (χ0v) is 20.8. The fraction of sp³-hybridized carbons (Fsp3) is 0.385. The third-order valence-electron chi connectivity index (χ3n) is 5.85. The summed E-state index contributed by atoms with van der Waals surface area (Å²) in [5, 5.41) is 8.58. The molecular weight excluding hydrogens is 452 g/mol. The van der Waals surface area contributed by atoms with Gasteiger partial charge in [0.15, 0.2) is 6.29 Å². The first kappa shape index (κ1) is 25.7. The number of nitrogens with zero attached hydrogens (tertiary/aromatic N) is 1. The Bertz CT molecular complexity index is 1130. The minimum atomic E-state index is -0.504. The Kier molecular flexibility index (Phi) is 8.69. The summed E-state index contributed by atoms with van der Waals surface area (Å²) in [5.74, 6) is -0.755. The molecule has 1 aromatic carbocycles. The number of allylic oxidation sites excluding steroid dienone is 4. The second-order valence-electron chi connectivity index (χ2n) is 7.95. The molecule has 1 aliphatic heterocycles. The van der Waals surface area contributed by atoms with Gasteiger partial charge in [-0.2, -0.15) is 0 Å². The smallest absolute Gasteiger partial charge is 0.210 e. The summed E-state index contributed by atoms with van der Waals surface area (Å²) in [6.45, 7) is 6.96. The molecule has 1 aromatic rings. The molecule has 3 rings (SSSR count). The fourth-order valence-corrected chi connectivity index (χ4v) is 4.35. The molecule has 0 spiro atoms. The van der Waals surface area contributed by atoms with Crippen molar-refractivity contribution in [2.75, 3.05) is 37.8 Å². The highest BCUT2D eigenvalue weighted by Crippen LogP contribution is 2.46. The van der Waals surface area contributed by atoms with Crippen LogP contribution in [0.2, 0.25) is 0 Å². The van der Waals surface area contributed by atoms with Crippen LogP contribution in [0.3, 0.4) is 0 Å². The normalized spacial score (nSPS) is 15.0. The van der Waals surface area contributed by atoms with Crippen LogP contribution in [0.1, 0.15) is 53.5 Å². The first-order chi connectivity index (χ1) is 16.4. The van der Waals surface area contributed by atoms with Crippen LogP contribution in [0.25, 0.3) is 5.57 Å². The van der Waals surface area contributed by atoms with E-state index in [0.29, 0.717) is 37.2 Å². The highest BCUT2D eigenvalue weighted by atomic mass is 32.1. The molecule has 1 atom stereocenters. The van der Waals surface area contributed by atoms with Crippen LogP contribution in [-0.2, 0) is 9.47 Å². The highest BCUT2D eigenvalue weighted by molar-refractivity contribution is 7.82. The van der Waals surface area contributed by atoms with Crippen LogP contribution in [0.5, 0.6) is 5.75 Å². The van der Waals surface area contributed by atoms with Gasteiger partial charge < -0.3 is 19.6 Å². The molecule has 0 unspecified atom stereocenters. The lowest BCUT2D eigenvalue weighted by Gasteiger charge is -2.30. The predicted octanol–water partition coefficient (Wildman–Crippen LogP) is 4.84. The quantitative estimate of drug-likeness (QED) is 0.111. The minimum Gasteiger partial charge on any atom is -0.490 e. The molecule has 1 aliphatic carbocycles. The summed E-state index contributed by atoms with van der Waals surface area (Å²) in [7, 11) is 1.54. The van der Waals surface area contributed by atoms with E-state index in [1.807, 2.05) is 39.1 Å². The number of hydrogen-bond donors (Lipinski definition) is 2. The van der Waals surface area contributed by atoms with Gasteiger partial charge in [-0.3, -0.25) is 13.9 Å². The molecule has 1 heterocycles. The molecule has 0 fully saturated rings. The topological polar surface area (TPSA) is 88.9 Å². The SMILES string of the molecule is CCOCCOc1c(C(=O)C(=N)[C@@H](CC)COC)cc2c(c1C=O)N(S)C=C1C2=C=CC=C1C. The van der Waals surface area contributed by atoms with Crippen molar-refractivity contribution < 1.29 is 23.8 Å². The summed E-state index contributed by atoms with van der Waals surface area (Å²) in [6, 6.07) is 1.68. The van der Waals surface area contributed by atoms with Crippen molar-refractivity contribution in [1.82, 2.24) is 0 Å². The number of ether oxygens (including phenoxy) is 3. The molecular formula is C26H30N2O5S. The first-order valence-electron chi connectivity index (χ1n) is 11.2. The van der Waals surface area contributed by atoms with Gasteiger partial charge in [0.05, 0.1) is 35.7 Å². The van der Waals surface area contributed by atoms with E-state index < -0.39 is 5.78 Å². The van der Waals surface area contributed by atoms with Gasteiger partial charge in [0.25, 0.3) is 0 Å². The number of methoxy groups -OCH3 is 1. The summed E-state index contributed by atoms with van der Waals surface area (Å²) in [4.78, 5) is 26.0. The number of thiol groups is 1. The lowest BCUT2D eigenvalue weighted by atomic mass is 9.84. The van der Waals surface area contributed by atoms with Crippen molar-refractivity contribution in [2.24, 2.45) is 5.92 Å². The van der Waals surface area contributed by atoms with Gasteiger partial charge in [-0.1, -0.05) is 25.8 Å². The van der Waals surface area contributed by atoms with Gasteiger partial charge in [-0.25, -0.2) is 0 Å². The largest absolute Gasteiger partial charge is 0.490 e. The van der Waals surface area contributed by atoms with E-state index in [2.05, 4.69) is 18.5 Å². The van der Waals surface area contributed by atoms with Gasteiger partial charge in [0, 0.05) is 42.5 Å². The van der Waals surface area contributed by atoms with Crippen LogP contribution in [0, 0.1) is 11.3 Å². The Morgan fingerprint density at radius 2 is 2.09 bits per heavy atom. The van der Waals surface area contributed by atoms with Gasteiger partial charge in [-0.05, 0) is 38.0 Å². The van der Waals surface area contributed by atoms with E-state index in [-0.39, 0.29) is 41.7 Å². The van der Waals surface area contributed by atoms with Crippen molar-refractivity contribution in [3.05, 3.63) is 58.0 Å². The van der Waals surface area contributed by atoms with E-state index >= 15 is 0 Å². The average molecular weight is 483 g/mol. The molecule has 2 aliphatic rings. The molecule has 8 heteroatoms. The summed E-state index contributed by atoms with van der Waals surface area (Å²) in [5.41, 5.74) is 7.29. The number of benzene rings is 1. The molecule has 180 valence electrons. The molecule has 0 saturated carbocycles. The van der Waals surface area contributed by atoms with E-state index in [1.54, 1.807) is 17.5 Å². The Morgan fingerprint density at radius 1 is 1.32 bits per heavy atom.